The Balaban J connectivity index is 1.83. The van der Waals surface area contributed by atoms with E-state index in [1.165, 1.54) is 6.42 Å². The topological polar surface area (TPSA) is 29.5 Å². The van der Waals surface area contributed by atoms with Crippen LogP contribution in [-0.4, -0.2) is 43.5 Å². The summed E-state index contributed by atoms with van der Waals surface area (Å²) in [5.41, 5.74) is 0.391. The van der Waals surface area contributed by atoms with Crippen molar-refractivity contribution in [1.29, 1.82) is 0 Å². The Kier molecular flexibility index (Phi) is 3.88. The molecule has 0 amide bonds. The van der Waals surface area contributed by atoms with Gasteiger partial charge < -0.3 is 9.64 Å². The van der Waals surface area contributed by atoms with Gasteiger partial charge in [0.05, 0.1) is 19.1 Å². The SMILES string of the molecule is CC(C)(C)C1CCN(CC2COCCC2=O)C1. The monoisotopic (exact) mass is 239 g/mol. The van der Waals surface area contributed by atoms with Crippen molar-refractivity contribution in [2.75, 3.05) is 32.8 Å². The summed E-state index contributed by atoms with van der Waals surface area (Å²) in [4.78, 5) is 14.2. The smallest absolute Gasteiger partial charge is 0.141 e. The molecule has 2 unspecified atom stereocenters. The van der Waals surface area contributed by atoms with E-state index in [4.69, 9.17) is 4.74 Å². The summed E-state index contributed by atoms with van der Waals surface area (Å²) in [6.07, 6.45) is 1.88. The van der Waals surface area contributed by atoms with Crippen molar-refractivity contribution in [1.82, 2.24) is 4.90 Å². The van der Waals surface area contributed by atoms with Crippen LogP contribution in [0.2, 0.25) is 0 Å². The first-order chi connectivity index (χ1) is 7.97. The second kappa shape index (κ2) is 5.07. The van der Waals surface area contributed by atoms with Gasteiger partial charge in [-0.05, 0) is 24.3 Å². The van der Waals surface area contributed by atoms with Gasteiger partial charge in [-0.25, -0.2) is 0 Å². The molecule has 0 aromatic heterocycles. The second-order valence-electron chi connectivity index (χ2n) is 6.60. The largest absolute Gasteiger partial charge is 0.380 e. The van der Waals surface area contributed by atoms with Crippen LogP contribution in [0.4, 0.5) is 0 Å². The number of ether oxygens (including phenoxy) is 1. The number of hydrogen-bond acceptors (Lipinski definition) is 3. The van der Waals surface area contributed by atoms with Crippen LogP contribution in [0.5, 0.6) is 0 Å². The minimum atomic E-state index is 0.127. The van der Waals surface area contributed by atoms with Gasteiger partial charge in [-0.1, -0.05) is 20.8 Å². The summed E-state index contributed by atoms with van der Waals surface area (Å²) in [6.45, 7) is 11.4. The minimum absolute atomic E-state index is 0.127. The molecule has 98 valence electrons. The summed E-state index contributed by atoms with van der Waals surface area (Å²) in [7, 11) is 0. The van der Waals surface area contributed by atoms with Crippen LogP contribution in [0.25, 0.3) is 0 Å². The van der Waals surface area contributed by atoms with Crippen molar-refractivity contribution in [3.05, 3.63) is 0 Å². The standard InChI is InChI=1S/C14H25NO2/c1-14(2,3)12-4-6-15(9-12)8-11-10-17-7-5-13(11)16/h11-12H,4-10H2,1-3H3. The lowest BCUT2D eigenvalue weighted by atomic mass is 9.80. The number of carbonyl (C=O) groups is 1. The highest BCUT2D eigenvalue weighted by Gasteiger charge is 2.34. The van der Waals surface area contributed by atoms with Crippen molar-refractivity contribution in [3.8, 4) is 0 Å². The van der Waals surface area contributed by atoms with E-state index >= 15 is 0 Å². The predicted octanol–water partition coefficient (Wildman–Crippen LogP) is 1.96. The molecule has 2 aliphatic rings. The van der Waals surface area contributed by atoms with Gasteiger partial charge in [-0.15, -0.1) is 0 Å². The van der Waals surface area contributed by atoms with Crippen molar-refractivity contribution in [2.45, 2.75) is 33.6 Å². The summed E-state index contributed by atoms with van der Waals surface area (Å²) >= 11 is 0. The molecule has 0 radical (unpaired) electrons. The van der Waals surface area contributed by atoms with Gasteiger partial charge in [0.25, 0.3) is 0 Å². The van der Waals surface area contributed by atoms with E-state index in [0.717, 1.165) is 25.6 Å². The number of rotatable bonds is 2. The van der Waals surface area contributed by atoms with Crippen LogP contribution in [0.1, 0.15) is 33.6 Å². The average molecular weight is 239 g/mol. The van der Waals surface area contributed by atoms with Crippen LogP contribution in [0.15, 0.2) is 0 Å². The van der Waals surface area contributed by atoms with E-state index in [1.54, 1.807) is 0 Å². The maximum absolute atomic E-state index is 11.8. The summed E-state index contributed by atoms with van der Waals surface area (Å²) in [5, 5.41) is 0. The summed E-state index contributed by atoms with van der Waals surface area (Å²) in [6, 6.07) is 0. The van der Waals surface area contributed by atoms with E-state index in [-0.39, 0.29) is 5.92 Å². The van der Waals surface area contributed by atoms with Crippen LogP contribution in [-0.2, 0) is 9.53 Å². The molecule has 0 aliphatic carbocycles. The first kappa shape index (κ1) is 13.0. The average Bonchev–Trinajstić information content (AvgIpc) is 2.69. The number of ketones is 1. The molecule has 0 aromatic rings. The number of carbonyl (C=O) groups excluding carboxylic acids is 1. The molecule has 0 N–H and O–H groups in total. The van der Waals surface area contributed by atoms with E-state index < -0.39 is 0 Å². The molecule has 2 atom stereocenters. The zero-order chi connectivity index (χ0) is 12.5. The van der Waals surface area contributed by atoms with Crippen molar-refractivity contribution < 1.29 is 9.53 Å². The molecule has 0 aromatic carbocycles. The molecule has 2 rings (SSSR count). The van der Waals surface area contributed by atoms with E-state index in [0.29, 0.717) is 30.8 Å². The quantitative estimate of drug-likeness (QED) is 0.738. The van der Waals surface area contributed by atoms with Crippen LogP contribution in [0, 0.1) is 17.3 Å². The lowest BCUT2D eigenvalue weighted by Crippen LogP contribution is -2.38. The molecular formula is C14H25NO2. The van der Waals surface area contributed by atoms with Crippen LogP contribution >= 0.6 is 0 Å². The first-order valence-corrected chi connectivity index (χ1v) is 6.79. The van der Waals surface area contributed by atoms with Gasteiger partial charge >= 0.3 is 0 Å². The van der Waals surface area contributed by atoms with E-state index in [9.17, 15) is 4.79 Å². The second-order valence-corrected chi connectivity index (χ2v) is 6.60. The van der Waals surface area contributed by atoms with Gasteiger partial charge in [-0.2, -0.15) is 0 Å². The fraction of sp³-hybridized carbons (Fsp3) is 0.929. The molecule has 2 heterocycles. The molecule has 0 bridgehead atoms. The molecule has 17 heavy (non-hydrogen) atoms. The summed E-state index contributed by atoms with van der Waals surface area (Å²) < 4.78 is 5.41. The van der Waals surface area contributed by atoms with E-state index in [2.05, 4.69) is 25.7 Å². The highest BCUT2D eigenvalue weighted by Crippen LogP contribution is 2.33. The van der Waals surface area contributed by atoms with Crippen LogP contribution in [0.3, 0.4) is 0 Å². The van der Waals surface area contributed by atoms with Crippen molar-refractivity contribution in [3.63, 3.8) is 0 Å². The highest BCUT2D eigenvalue weighted by molar-refractivity contribution is 5.82. The van der Waals surface area contributed by atoms with Crippen molar-refractivity contribution in [2.24, 2.45) is 17.3 Å². The fourth-order valence-electron chi connectivity index (χ4n) is 2.87. The molecule has 0 spiro atoms. The Morgan fingerprint density at radius 1 is 1.41 bits per heavy atom. The van der Waals surface area contributed by atoms with E-state index in [1.807, 2.05) is 0 Å². The first-order valence-electron chi connectivity index (χ1n) is 6.79. The lowest BCUT2D eigenvalue weighted by Gasteiger charge is -2.29. The van der Waals surface area contributed by atoms with Gasteiger partial charge in [0.2, 0.25) is 0 Å². The molecule has 2 saturated heterocycles. The summed E-state index contributed by atoms with van der Waals surface area (Å²) in [5.74, 6) is 1.29. The Morgan fingerprint density at radius 2 is 2.18 bits per heavy atom. The molecule has 3 nitrogen and oxygen atoms in total. The normalized spacial score (nSPS) is 32.1. The van der Waals surface area contributed by atoms with Gasteiger partial charge in [-0.3, -0.25) is 4.79 Å². The molecule has 0 saturated carbocycles. The highest BCUT2D eigenvalue weighted by atomic mass is 16.5. The molecule has 2 fully saturated rings. The third-order valence-electron chi connectivity index (χ3n) is 4.24. The third kappa shape index (κ3) is 3.29. The maximum Gasteiger partial charge on any atom is 0.141 e. The number of hydrogen-bond donors (Lipinski definition) is 0. The third-order valence-corrected chi connectivity index (χ3v) is 4.24. The Hall–Kier alpha value is -0.410. The Bertz CT molecular complexity index is 282. The van der Waals surface area contributed by atoms with Crippen molar-refractivity contribution >= 4 is 5.78 Å². The molecular weight excluding hydrogens is 214 g/mol. The zero-order valence-corrected chi connectivity index (χ0v) is 11.4. The minimum Gasteiger partial charge on any atom is -0.380 e. The maximum atomic E-state index is 11.8. The Morgan fingerprint density at radius 3 is 2.76 bits per heavy atom. The Labute approximate surface area is 105 Å². The molecule has 2 aliphatic heterocycles. The lowest BCUT2D eigenvalue weighted by molar-refractivity contribution is -0.131. The van der Waals surface area contributed by atoms with Crippen LogP contribution < -0.4 is 0 Å². The van der Waals surface area contributed by atoms with Gasteiger partial charge in [0.1, 0.15) is 5.78 Å². The number of likely N-dealkylation sites (tertiary alicyclic amines) is 1. The fourth-order valence-corrected chi connectivity index (χ4v) is 2.87. The molecule has 3 heteroatoms. The predicted molar refractivity (Wildman–Crippen MR) is 67.9 cm³/mol. The van der Waals surface area contributed by atoms with Gasteiger partial charge in [0, 0.05) is 19.5 Å². The zero-order valence-electron chi connectivity index (χ0n) is 11.4. The number of nitrogens with zero attached hydrogens (tertiary/aromatic N) is 1. The number of Topliss-reactive ketones (excluding diaryl/α,β-unsaturated/α-hetero) is 1. The van der Waals surface area contributed by atoms with Gasteiger partial charge in [0.15, 0.2) is 0 Å².